The van der Waals surface area contributed by atoms with Gasteiger partial charge in [-0.25, -0.2) is 4.39 Å². The number of carboxylic acid groups (broad SMARTS) is 1. The third kappa shape index (κ3) is 6.27. The number of carboxylic acids is 1. The van der Waals surface area contributed by atoms with E-state index in [2.05, 4.69) is 0 Å². The second-order valence-corrected chi connectivity index (χ2v) is 8.34. The van der Waals surface area contributed by atoms with Gasteiger partial charge in [-0.1, -0.05) is 24.3 Å². The molecule has 6 atom stereocenters. The third-order valence-corrected chi connectivity index (χ3v) is 6.15. The van der Waals surface area contributed by atoms with Gasteiger partial charge in [0.05, 0.1) is 12.2 Å². The van der Waals surface area contributed by atoms with E-state index in [1.807, 2.05) is 6.08 Å². The van der Waals surface area contributed by atoms with Crippen molar-refractivity contribution in [1.29, 1.82) is 0 Å². The normalized spacial score (nSPS) is 30.0. The van der Waals surface area contributed by atoms with Gasteiger partial charge in [0.1, 0.15) is 12.7 Å². The van der Waals surface area contributed by atoms with Gasteiger partial charge in [0.2, 0.25) is 0 Å². The zero-order valence-corrected chi connectivity index (χ0v) is 17.0. The Labute approximate surface area is 176 Å². The SMILES string of the molecule is O=C(O)CCC[C@H]1CC[C@@H]2[C@@H](/C=C/[C@H](O)COc3ccccc3F)[C@H](O)C[C@@H]2OC1. The van der Waals surface area contributed by atoms with Crippen LogP contribution in [0.2, 0.25) is 0 Å². The quantitative estimate of drug-likeness (QED) is 0.529. The Morgan fingerprint density at radius 2 is 2.13 bits per heavy atom. The standard InChI is InChI=1S/C23H31FO6/c24-19-5-1-2-6-21(19)30-14-16(25)9-11-17-18-10-8-15(4-3-7-23(27)28)13-29-22(18)12-20(17)26/h1-2,5-6,9,11,15-18,20,22,25-26H,3-4,7-8,10,12-14H2,(H,27,28)/b11-9+/t15-,16-,17+,18+,20+,22-/m0/s1. The molecule has 2 fully saturated rings. The molecule has 6 nitrogen and oxygen atoms in total. The lowest BCUT2D eigenvalue weighted by atomic mass is 9.86. The summed E-state index contributed by atoms with van der Waals surface area (Å²) in [5.41, 5.74) is 0. The van der Waals surface area contributed by atoms with Gasteiger partial charge in [-0.2, -0.15) is 0 Å². The van der Waals surface area contributed by atoms with Gasteiger partial charge < -0.3 is 24.8 Å². The van der Waals surface area contributed by atoms with Crippen LogP contribution >= 0.6 is 0 Å². The van der Waals surface area contributed by atoms with Crippen molar-refractivity contribution >= 4 is 5.97 Å². The topological polar surface area (TPSA) is 96.2 Å². The van der Waals surface area contributed by atoms with Crippen molar-refractivity contribution < 1.29 is 34.0 Å². The molecular formula is C23H31FO6. The summed E-state index contributed by atoms with van der Waals surface area (Å²) < 4.78 is 25.0. The molecule has 1 saturated heterocycles. The first-order chi connectivity index (χ1) is 14.4. The van der Waals surface area contributed by atoms with Crippen LogP contribution in [0.3, 0.4) is 0 Å². The van der Waals surface area contributed by atoms with Crippen molar-refractivity contribution in [2.45, 2.75) is 56.8 Å². The smallest absolute Gasteiger partial charge is 0.303 e. The lowest BCUT2D eigenvalue weighted by Gasteiger charge is -2.21. The molecule has 30 heavy (non-hydrogen) atoms. The van der Waals surface area contributed by atoms with E-state index in [0.717, 1.165) is 19.3 Å². The molecule has 1 aromatic rings. The fourth-order valence-electron chi connectivity index (χ4n) is 4.53. The summed E-state index contributed by atoms with van der Waals surface area (Å²) in [5, 5.41) is 29.5. The Balaban J connectivity index is 1.50. The van der Waals surface area contributed by atoms with E-state index in [0.29, 0.717) is 25.4 Å². The molecule has 3 rings (SSSR count). The van der Waals surface area contributed by atoms with Crippen LogP contribution in [0.25, 0.3) is 0 Å². The highest BCUT2D eigenvalue weighted by molar-refractivity contribution is 5.66. The molecule has 2 aliphatic rings. The molecule has 0 spiro atoms. The van der Waals surface area contributed by atoms with Gasteiger partial charge in [0.15, 0.2) is 11.6 Å². The summed E-state index contributed by atoms with van der Waals surface area (Å²) in [7, 11) is 0. The van der Waals surface area contributed by atoms with E-state index in [1.165, 1.54) is 12.1 Å². The second kappa shape index (κ2) is 10.9. The zero-order chi connectivity index (χ0) is 21.5. The molecule has 0 unspecified atom stereocenters. The van der Waals surface area contributed by atoms with E-state index in [-0.39, 0.29) is 36.7 Å². The lowest BCUT2D eigenvalue weighted by Crippen LogP contribution is -2.22. The van der Waals surface area contributed by atoms with E-state index in [9.17, 15) is 19.4 Å². The van der Waals surface area contributed by atoms with Crippen molar-refractivity contribution in [3.8, 4) is 5.75 Å². The molecule has 1 heterocycles. The van der Waals surface area contributed by atoms with Crippen LogP contribution in [0.5, 0.6) is 5.75 Å². The van der Waals surface area contributed by atoms with Crippen molar-refractivity contribution in [3.05, 3.63) is 42.2 Å². The molecule has 1 aliphatic heterocycles. The van der Waals surface area contributed by atoms with Crippen molar-refractivity contribution in [2.75, 3.05) is 13.2 Å². The second-order valence-electron chi connectivity index (χ2n) is 8.34. The number of hydrogen-bond acceptors (Lipinski definition) is 5. The number of aliphatic hydroxyl groups excluding tert-OH is 2. The number of ether oxygens (including phenoxy) is 2. The van der Waals surface area contributed by atoms with E-state index < -0.39 is 24.0 Å². The third-order valence-electron chi connectivity index (χ3n) is 6.15. The average Bonchev–Trinajstić information content (AvgIpc) is 2.87. The zero-order valence-electron chi connectivity index (χ0n) is 17.0. The number of para-hydroxylation sites is 1. The molecule has 0 bridgehead atoms. The molecule has 1 saturated carbocycles. The molecule has 7 heteroatoms. The first-order valence-corrected chi connectivity index (χ1v) is 10.7. The Bertz CT molecular complexity index is 723. The Morgan fingerprint density at radius 3 is 2.90 bits per heavy atom. The number of carbonyl (C=O) groups is 1. The highest BCUT2D eigenvalue weighted by Gasteiger charge is 2.43. The van der Waals surface area contributed by atoms with Crippen LogP contribution in [0.1, 0.15) is 38.5 Å². The fraction of sp³-hybridized carbons (Fsp3) is 0.609. The summed E-state index contributed by atoms with van der Waals surface area (Å²) in [6.45, 7) is 0.527. The average molecular weight is 422 g/mol. The van der Waals surface area contributed by atoms with Gasteiger partial charge in [0.25, 0.3) is 0 Å². The Kier molecular flexibility index (Phi) is 8.24. The van der Waals surface area contributed by atoms with Gasteiger partial charge in [-0.05, 0) is 49.7 Å². The summed E-state index contributed by atoms with van der Waals surface area (Å²) in [6.07, 6.45) is 6.04. The van der Waals surface area contributed by atoms with Gasteiger partial charge in [-0.15, -0.1) is 0 Å². The summed E-state index contributed by atoms with van der Waals surface area (Å²) in [5.74, 6) is -0.756. The predicted molar refractivity (Wildman–Crippen MR) is 109 cm³/mol. The van der Waals surface area contributed by atoms with Crippen LogP contribution in [-0.4, -0.2) is 52.8 Å². The Hall–Kier alpha value is -1.96. The molecule has 1 aromatic carbocycles. The minimum absolute atomic E-state index is 0.0223. The number of halogens is 1. The van der Waals surface area contributed by atoms with Crippen LogP contribution in [0.4, 0.5) is 4.39 Å². The molecule has 0 radical (unpaired) electrons. The monoisotopic (exact) mass is 422 g/mol. The van der Waals surface area contributed by atoms with E-state index in [4.69, 9.17) is 14.6 Å². The number of benzene rings is 1. The summed E-state index contributed by atoms with van der Waals surface area (Å²) in [6, 6.07) is 6.04. The van der Waals surface area contributed by atoms with Gasteiger partial charge >= 0.3 is 5.97 Å². The highest BCUT2D eigenvalue weighted by Crippen LogP contribution is 2.42. The summed E-state index contributed by atoms with van der Waals surface area (Å²) in [4.78, 5) is 10.7. The highest BCUT2D eigenvalue weighted by atomic mass is 19.1. The van der Waals surface area contributed by atoms with Crippen LogP contribution in [0, 0.1) is 23.6 Å². The lowest BCUT2D eigenvalue weighted by molar-refractivity contribution is -0.137. The predicted octanol–water partition coefficient (Wildman–Crippen LogP) is 3.17. The molecule has 0 aromatic heterocycles. The van der Waals surface area contributed by atoms with E-state index in [1.54, 1.807) is 18.2 Å². The molecule has 0 amide bonds. The first-order valence-electron chi connectivity index (χ1n) is 10.7. The van der Waals surface area contributed by atoms with Crippen LogP contribution in [0.15, 0.2) is 36.4 Å². The number of hydrogen-bond donors (Lipinski definition) is 3. The summed E-state index contributed by atoms with van der Waals surface area (Å²) >= 11 is 0. The van der Waals surface area contributed by atoms with Crippen molar-refractivity contribution in [2.24, 2.45) is 17.8 Å². The number of aliphatic carboxylic acids is 1. The van der Waals surface area contributed by atoms with Crippen molar-refractivity contribution in [3.63, 3.8) is 0 Å². The van der Waals surface area contributed by atoms with Crippen LogP contribution in [-0.2, 0) is 9.53 Å². The maximum absolute atomic E-state index is 13.6. The number of aliphatic hydroxyl groups is 2. The Morgan fingerprint density at radius 1 is 1.33 bits per heavy atom. The largest absolute Gasteiger partial charge is 0.487 e. The van der Waals surface area contributed by atoms with Gasteiger partial charge in [-0.3, -0.25) is 4.79 Å². The maximum atomic E-state index is 13.6. The van der Waals surface area contributed by atoms with Crippen molar-refractivity contribution in [1.82, 2.24) is 0 Å². The minimum atomic E-state index is -0.911. The number of rotatable bonds is 9. The van der Waals surface area contributed by atoms with Gasteiger partial charge in [0, 0.05) is 25.4 Å². The van der Waals surface area contributed by atoms with Crippen LogP contribution < -0.4 is 4.74 Å². The first kappa shape index (κ1) is 22.7. The molecule has 1 aliphatic carbocycles. The molecular weight excluding hydrogens is 391 g/mol. The number of fused-ring (bicyclic) bond motifs is 1. The fourth-order valence-corrected chi connectivity index (χ4v) is 4.53. The maximum Gasteiger partial charge on any atom is 0.303 e. The molecule has 166 valence electrons. The molecule has 3 N–H and O–H groups in total. The minimum Gasteiger partial charge on any atom is -0.487 e. The van der Waals surface area contributed by atoms with E-state index >= 15 is 0 Å².